The van der Waals surface area contributed by atoms with Crippen molar-refractivity contribution in [2.24, 2.45) is 0 Å². The van der Waals surface area contributed by atoms with Gasteiger partial charge < -0.3 is 5.32 Å². The Balaban J connectivity index is 0.00000112. The predicted octanol–water partition coefficient (Wildman–Crippen LogP) is 3.20. The van der Waals surface area contributed by atoms with Crippen molar-refractivity contribution in [2.45, 2.75) is 25.3 Å². The summed E-state index contributed by atoms with van der Waals surface area (Å²) in [4.78, 5) is 0. The first-order valence-electron chi connectivity index (χ1n) is 4.96. The molecule has 1 aliphatic heterocycles. The van der Waals surface area contributed by atoms with Crippen LogP contribution in [0.25, 0.3) is 0 Å². The van der Waals surface area contributed by atoms with Gasteiger partial charge >= 0.3 is 0 Å². The monoisotopic (exact) mass is 233 g/mol. The summed E-state index contributed by atoms with van der Waals surface area (Å²) in [5.74, 6) is -0.952. The van der Waals surface area contributed by atoms with Crippen LogP contribution in [0.4, 0.5) is 8.78 Å². The standard InChI is InChI=1S/C11H13F2N.ClH/c12-8-4-5-9(10(13)7-8)11-3-1-2-6-14-11;/h4-5,7,11,14H,1-3,6H2;1H/t11-;/m0./s1. The first kappa shape index (κ1) is 12.4. The van der Waals surface area contributed by atoms with E-state index in [9.17, 15) is 8.78 Å². The molecule has 0 spiro atoms. The highest BCUT2D eigenvalue weighted by Gasteiger charge is 2.17. The van der Waals surface area contributed by atoms with Crippen LogP contribution in [0.15, 0.2) is 18.2 Å². The molecular weight excluding hydrogens is 220 g/mol. The Morgan fingerprint density at radius 1 is 1.20 bits per heavy atom. The van der Waals surface area contributed by atoms with Crippen LogP contribution in [0.2, 0.25) is 0 Å². The molecule has 1 aromatic rings. The van der Waals surface area contributed by atoms with Crippen LogP contribution in [0.3, 0.4) is 0 Å². The van der Waals surface area contributed by atoms with Gasteiger partial charge in [-0.3, -0.25) is 0 Å². The lowest BCUT2D eigenvalue weighted by molar-refractivity contribution is 0.398. The van der Waals surface area contributed by atoms with Gasteiger partial charge in [0.25, 0.3) is 0 Å². The van der Waals surface area contributed by atoms with Crippen LogP contribution in [0.1, 0.15) is 30.9 Å². The van der Waals surface area contributed by atoms with Gasteiger partial charge in [-0.2, -0.15) is 0 Å². The van der Waals surface area contributed by atoms with Crippen LogP contribution in [0, 0.1) is 11.6 Å². The van der Waals surface area contributed by atoms with Crippen LogP contribution < -0.4 is 5.32 Å². The zero-order chi connectivity index (χ0) is 9.97. The molecule has 1 heterocycles. The third kappa shape index (κ3) is 2.89. The number of hydrogen-bond acceptors (Lipinski definition) is 1. The highest BCUT2D eigenvalue weighted by atomic mass is 35.5. The Bertz CT molecular complexity index is 324. The molecular formula is C11H14ClF2N. The summed E-state index contributed by atoms with van der Waals surface area (Å²) < 4.78 is 26.0. The molecule has 0 bridgehead atoms. The zero-order valence-corrected chi connectivity index (χ0v) is 9.12. The summed E-state index contributed by atoms with van der Waals surface area (Å²) >= 11 is 0. The van der Waals surface area contributed by atoms with Crippen molar-refractivity contribution in [3.63, 3.8) is 0 Å². The summed E-state index contributed by atoms with van der Waals surface area (Å²) in [5.41, 5.74) is 0.589. The number of hydrogen-bond donors (Lipinski definition) is 1. The minimum absolute atomic E-state index is 0. The van der Waals surface area contributed by atoms with Crippen molar-refractivity contribution in [3.8, 4) is 0 Å². The molecule has 1 aliphatic rings. The molecule has 0 radical (unpaired) electrons. The van der Waals surface area contributed by atoms with E-state index in [2.05, 4.69) is 5.32 Å². The Labute approximate surface area is 94.3 Å². The van der Waals surface area contributed by atoms with Gasteiger partial charge in [-0.05, 0) is 25.5 Å². The van der Waals surface area contributed by atoms with Gasteiger partial charge in [0, 0.05) is 17.7 Å². The Hall–Kier alpha value is -0.670. The minimum atomic E-state index is -0.512. The summed E-state index contributed by atoms with van der Waals surface area (Å²) in [7, 11) is 0. The van der Waals surface area contributed by atoms with E-state index in [1.165, 1.54) is 12.1 Å². The largest absolute Gasteiger partial charge is 0.310 e. The van der Waals surface area contributed by atoms with Crippen LogP contribution >= 0.6 is 12.4 Å². The van der Waals surface area contributed by atoms with E-state index in [0.717, 1.165) is 31.9 Å². The second kappa shape index (κ2) is 5.42. The van der Waals surface area contributed by atoms with Crippen molar-refractivity contribution >= 4 is 12.4 Å². The fourth-order valence-electron chi connectivity index (χ4n) is 1.90. The molecule has 15 heavy (non-hydrogen) atoms. The third-order valence-electron chi connectivity index (χ3n) is 2.65. The Morgan fingerprint density at radius 3 is 2.60 bits per heavy atom. The molecule has 0 saturated carbocycles. The molecule has 1 saturated heterocycles. The lowest BCUT2D eigenvalue weighted by atomic mass is 9.97. The van der Waals surface area contributed by atoms with Crippen molar-refractivity contribution < 1.29 is 8.78 Å². The topological polar surface area (TPSA) is 12.0 Å². The molecule has 2 rings (SSSR count). The van der Waals surface area contributed by atoms with Crippen molar-refractivity contribution in [3.05, 3.63) is 35.4 Å². The smallest absolute Gasteiger partial charge is 0.130 e. The molecule has 0 aliphatic carbocycles. The summed E-state index contributed by atoms with van der Waals surface area (Å²) in [5, 5.41) is 3.23. The zero-order valence-electron chi connectivity index (χ0n) is 8.30. The second-order valence-corrected chi connectivity index (χ2v) is 3.67. The molecule has 4 heteroatoms. The van der Waals surface area contributed by atoms with Gasteiger partial charge in [0.15, 0.2) is 0 Å². The maximum Gasteiger partial charge on any atom is 0.130 e. The van der Waals surface area contributed by atoms with Crippen molar-refractivity contribution in [1.29, 1.82) is 0 Å². The van der Waals surface area contributed by atoms with Gasteiger partial charge in [-0.25, -0.2) is 8.78 Å². The van der Waals surface area contributed by atoms with Crippen molar-refractivity contribution in [2.75, 3.05) is 6.54 Å². The number of nitrogens with one attached hydrogen (secondary N) is 1. The third-order valence-corrected chi connectivity index (χ3v) is 2.65. The highest BCUT2D eigenvalue weighted by molar-refractivity contribution is 5.85. The van der Waals surface area contributed by atoms with Gasteiger partial charge in [-0.1, -0.05) is 12.5 Å². The van der Waals surface area contributed by atoms with Gasteiger partial charge in [0.1, 0.15) is 11.6 Å². The first-order valence-corrected chi connectivity index (χ1v) is 4.96. The van der Waals surface area contributed by atoms with Gasteiger partial charge in [-0.15, -0.1) is 12.4 Å². The average Bonchev–Trinajstić information content (AvgIpc) is 2.19. The number of rotatable bonds is 1. The number of benzene rings is 1. The van der Waals surface area contributed by atoms with E-state index in [4.69, 9.17) is 0 Å². The Kier molecular flexibility index (Phi) is 4.48. The fourth-order valence-corrected chi connectivity index (χ4v) is 1.90. The average molecular weight is 234 g/mol. The fraction of sp³-hybridized carbons (Fsp3) is 0.455. The quantitative estimate of drug-likeness (QED) is 0.786. The first-order chi connectivity index (χ1) is 6.77. The van der Waals surface area contributed by atoms with E-state index in [-0.39, 0.29) is 18.4 Å². The van der Waals surface area contributed by atoms with Gasteiger partial charge in [0.2, 0.25) is 0 Å². The summed E-state index contributed by atoms with van der Waals surface area (Å²) in [6, 6.07) is 3.86. The minimum Gasteiger partial charge on any atom is -0.310 e. The van der Waals surface area contributed by atoms with E-state index in [1.54, 1.807) is 0 Å². The second-order valence-electron chi connectivity index (χ2n) is 3.67. The van der Waals surface area contributed by atoms with Crippen LogP contribution in [-0.4, -0.2) is 6.54 Å². The van der Waals surface area contributed by atoms with Gasteiger partial charge in [0.05, 0.1) is 0 Å². The number of piperidine rings is 1. The predicted molar refractivity (Wildman–Crippen MR) is 58.2 cm³/mol. The van der Waals surface area contributed by atoms with Crippen LogP contribution in [-0.2, 0) is 0 Å². The van der Waals surface area contributed by atoms with E-state index in [0.29, 0.717) is 5.56 Å². The van der Waals surface area contributed by atoms with E-state index in [1.807, 2.05) is 0 Å². The van der Waals surface area contributed by atoms with E-state index < -0.39 is 11.6 Å². The lowest BCUT2D eigenvalue weighted by Crippen LogP contribution is -2.27. The molecule has 1 nitrogen and oxygen atoms in total. The molecule has 0 amide bonds. The number of halogens is 3. The molecule has 1 aromatic carbocycles. The van der Waals surface area contributed by atoms with Crippen LogP contribution in [0.5, 0.6) is 0 Å². The Morgan fingerprint density at radius 2 is 2.00 bits per heavy atom. The summed E-state index contributed by atoms with van der Waals surface area (Å²) in [6.45, 7) is 0.918. The molecule has 84 valence electrons. The maximum atomic E-state index is 13.4. The molecule has 1 N–H and O–H groups in total. The molecule has 1 fully saturated rings. The summed E-state index contributed by atoms with van der Waals surface area (Å²) in [6.07, 6.45) is 3.18. The highest BCUT2D eigenvalue weighted by Crippen LogP contribution is 2.25. The van der Waals surface area contributed by atoms with Crippen molar-refractivity contribution in [1.82, 2.24) is 5.32 Å². The molecule has 0 unspecified atom stereocenters. The van der Waals surface area contributed by atoms with E-state index >= 15 is 0 Å². The maximum absolute atomic E-state index is 13.4. The SMILES string of the molecule is Cl.Fc1ccc([C@@H]2CCCCN2)c(F)c1. The normalized spacial score (nSPS) is 20.8. The lowest BCUT2D eigenvalue weighted by Gasteiger charge is -2.24. The molecule has 1 atom stereocenters. The molecule has 0 aromatic heterocycles.